The lowest BCUT2D eigenvalue weighted by atomic mass is 9.97. The highest BCUT2D eigenvalue weighted by Gasteiger charge is 2.19. The van der Waals surface area contributed by atoms with Gasteiger partial charge in [-0.3, -0.25) is 0 Å². The fourth-order valence-corrected chi connectivity index (χ4v) is 3.24. The maximum Gasteiger partial charge on any atom is 0.170 e. The molecular formula is C21H27N3OS. The number of nitrogens with one attached hydrogen (secondary N) is 2. The standard InChI is InChI=1S/C21H27N3OS/c1-21(2,3)14-22-20(26)23-17-6-9-19-16(12-17)10-11-24(19)13-15-4-7-18(25)8-5-15/h4-9,12,25H,10-11,13-14H2,1-3H3,(H2,22,23,26). The Morgan fingerprint density at radius 3 is 2.58 bits per heavy atom. The monoisotopic (exact) mass is 369 g/mol. The van der Waals surface area contributed by atoms with E-state index in [-0.39, 0.29) is 5.41 Å². The van der Waals surface area contributed by atoms with Crippen molar-refractivity contribution in [3.8, 4) is 5.75 Å². The van der Waals surface area contributed by atoms with Gasteiger partial charge in [0.05, 0.1) is 0 Å². The molecule has 0 amide bonds. The van der Waals surface area contributed by atoms with Crippen molar-refractivity contribution in [1.82, 2.24) is 5.32 Å². The average molecular weight is 370 g/mol. The van der Waals surface area contributed by atoms with Crippen molar-refractivity contribution in [3.05, 3.63) is 53.6 Å². The van der Waals surface area contributed by atoms with E-state index in [4.69, 9.17) is 12.2 Å². The van der Waals surface area contributed by atoms with Gasteiger partial charge in [0.2, 0.25) is 0 Å². The van der Waals surface area contributed by atoms with Crippen LogP contribution < -0.4 is 15.5 Å². The van der Waals surface area contributed by atoms with Gasteiger partial charge in [0.25, 0.3) is 0 Å². The molecule has 1 heterocycles. The van der Waals surface area contributed by atoms with E-state index >= 15 is 0 Å². The third-order valence-corrected chi connectivity index (χ3v) is 4.66. The number of phenolic OH excluding ortho intramolecular Hbond substituents is 1. The number of benzene rings is 2. The van der Waals surface area contributed by atoms with Gasteiger partial charge in [-0.05, 0) is 65.5 Å². The number of phenols is 1. The summed E-state index contributed by atoms with van der Waals surface area (Å²) >= 11 is 5.40. The first kappa shape index (κ1) is 18.5. The van der Waals surface area contributed by atoms with E-state index in [1.807, 2.05) is 12.1 Å². The SMILES string of the molecule is CC(C)(C)CNC(=S)Nc1ccc2c(c1)CCN2Cc1ccc(O)cc1. The molecule has 5 heteroatoms. The number of thiocarbonyl (C=S) groups is 1. The third kappa shape index (κ3) is 4.88. The Bertz CT molecular complexity index is 781. The highest BCUT2D eigenvalue weighted by atomic mass is 32.1. The smallest absolute Gasteiger partial charge is 0.170 e. The Morgan fingerprint density at radius 1 is 1.15 bits per heavy atom. The van der Waals surface area contributed by atoms with Crippen molar-refractivity contribution in [2.75, 3.05) is 23.3 Å². The maximum atomic E-state index is 9.42. The Morgan fingerprint density at radius 2 is 1.88 bits per heavy atom. The predicted octanol–water partition coefficient (Wildman–Crippen LogP) is 4.29. The highest BCUT2D eigenvalue weighted by Crippen LogP contribution is 2.31. The number of hydrogen-bond donors (Lipinski definition) is 3. The first-order valence-corrected chi connectivity index (χ1v) is 9.42. The van der Waals surface area contributed by atoms with E-state index in [1.165, 1.54) is 16.8 Å². The van der Waals surface area contributed by atoms with Gasteiger partial charge in [-0.15, -0.1) is 0 Å². The molecule has 138 valence electrons. The summed E-state index contributed by atoms with van der Waals surface area (Å²) in [4.78, 5) is 2.38. The second-order valence-corrected chi connectivity index (χ2v) is 8.46. The van der Waals surface area contributed by atoms with Crippen LogP contribution in [0.5, 0.6) is 5.75 Å². The molecular weight excluding hydrogens is 342 g/mol. The van der Waals surface area contributed by atoms with Crippen LogP contribution in [0.3, 0.4) is 0 Å². The van der Waals surface area contributed by atoms with Gasteiger partial charge in [-0.25, -0.2) is 0 Å². The number of nitrogens with zero attached hydrogens (tertiary/aromatic N) is 1. The van der Waals surface area contributed by atoms with Gasteiger partial charge in [0.15, 0.2) is 5.11 Å². The van der Waals surface area contributed by atoms with E-state index in [0.717, 1.165) is 31.7 Å². The predicted molar refractivity (Wildman–Crippen MR) is 113 cm³/mol. The van der Waals surface area contributed by atoms with Crippen molar-refractivity contribution in [2.45, 2.75) is 33.7 Å². The molecule has 0 atom stereocenters. The van der Waals surface area contributed by atoms with Crippen molar-refractivity contribution in [2.24, 2.45) is 5.41 Å². The van der Waals surface area contributed by atoms with Gasteiger partial charge in [0, 0.05) is 31.0 Å². The molecule has 26 heavy (non-hydrogen) atoms. The van der Waals surface area contributed by atoms with Crippen molar-refractivity contribution in [3.63, 3.8) is 0 Å². The zero-order chi connectivity index (χ0) is 18.7. The first-order valence-electron chi connectivity index (χ1n) is 9.01. The summed E-state index contributed by atoms with van der Waals surface area (Å²) in [6.45, 7) is 9.24. The van der Waals surface area contributed by atoms with Crippen LogP contribution in [0, 0.1) is 5.41 Å². The molecule has 0 bridgehead atoms. The molecule has 2 aromatic rings. The summed E-state index contributed by atoms with van der Waals surface area (Å²) in [6, 6.07) is 13.9. The van der Waals surface area contributed by atoms with E-state index in [9.17, 15) is 5.11 Å². The minimum Gasteiger partial charge on any atom is -0.508 e. The maximum absolute atomic E-state index is 9.42. The van der Waals surface area contributed by atoms with Crippen LogP contribution in [0.4, 0.5) is 11.4 Å². The average Bonchev–Trinajstić information content (AvgIpc) is 2.97. The second kappa shape index (κ2) is 7.54. The molecule has 3 N–H and O–H groups in total. The molecule has 1 aliphatic heterocycles. The molecule has 0 spiro atoms. The fourth-order valence-electron chi connectivity index (χ4n) is 3.05. The molecule has 4 nitrogen and oxygen atoms in total. The lowest BCUT2D eigenvalue weighted by Crippen LogP contribution is -2.35. The third-order valence-electron chi connectivity index (χ3n) is 4.42. The summed E-state index contributed by atoms with van der Waals surface area (Å²) in [5.74, 6) is 0.308. The zero-order valence-electron chi connectivity index (χ0n) is 15.7. The molecule has 3 rings (SSSR count). The minimum atomic E-state index is 0.193. The molecule has 2 aromatic carbocycles. The van der Waals surface area contributed by atoms with Gasteiger partial charge in [0.1, 0.15) is 5.75 Å². The van der Waals surface area contributed by atoms with E-state index < -0.39 is 0 Å². The van der Waals surface area contributed by atoms with Crippen molar-refractivity contribution in [1.29, 1.82) is 0 Å². The van der Waals surface area contributed by atoms with E-state index in [2.05, 4.69) is 54.5 Å². The largest absolute Gasteiger partial charge is 0.508 e. The van der Waals surface area contributed by atoms with Crippen LogP contribution in [0.15, 0.2) is 42.5 Å². The minimum absolute atomic E-state index is 0.193. The lowest BCUT2D eigenvalue weighted by molar-refractivity contribution is 0.409. The molecule has 0 aliphatic carbocycles. The van der Waals surface area contributed by atoms with Crippen molar-refractivity contribution < 1.29 is 5.11 Å². The van der Waals surface area contributed by atoms with Crippen LogP contribution in [0.25, 0.3) is 0 Å². The Labute approximate surface area is 161 Å². The van der Waals surface area contributed by atoms with E-state index in [0.29, 0.717) is 10.9 Å². The highest BCUT2D eigenvalue weighted by molar-refractivity contribution is 7.80. The fraction of sp³-hybridized carbons (Fsp3) is 0.381. The number of hydrogen-bond acceptors (Lipinski definition) is 3. The number of aromatic hydroxyl groups is 1. The summed E-state index contributed by atoms with van der Waals surface area (Å²) < 4.78 is 0. The summed E-state index contributed by atoms with van der Waals surface area (Å²) in [6.07, 6.45) is 1.03. The number of rotatable bonds is 4. The normalized spacial score (nSPS) is 13.4. The van der Waals surface area contributed by atoms with E-state index in [1.54, 1.807) is 12.1 Å². The van der Waals surface area contributed by atoms with Crippen LogP contribution in [-0.4, -0.2) is 23.3 Å². The summed E-state index contributed by atoms with van der Waals surface area (Å²) in [7, 11) is 0. The van der Waals surface area contributed by atoms with Crippen molar-refractivity contribution >= 4 is 28.7 Å². The molecule has 0 radical (unpaired) electrons. The van der Waals surface area contributed by atoms with Crippen LogP contribution in [0.2, 0.25) is 0 Å². The molecule has 0 saturated carbocycles. The molecule has 0 unspecified atom stereocenters. The van der Waals surface area contributed by atoms with Gasteiger partial charge >= 0.3 is 0 Å². The quantitative estimate of drug-likeness (QED) is 0.702. The Kier molecular flexibility index (Phi) is 5.37. The second-order valence-electron chi connectivity index (χ2n) is 8.05. The van der Waals surface area contributed by atoms with Crippen LogP contribution >= 0.6 is 12.2 Å². The number of anilines is 2. The Hall–Kier alpha value is -2.27. The molecule has 1 aliphatic rings. The Balaban J connectivity index is 1.62. The first-order chi connectivity index (χ1) is 12.3. The van der Waals surface area contributed by atoms with Crippen LogP contribution in [0.1, 0.15) is 31.9 Å². The summed E-state index contributed by atoms with van der Waals surface area (Å²) in [5.41, 5.74) is 5.04. The van der Waals surface area contributed by atoms with Gasteiger partial charge < -0.3 is 20.6 Å². The number of fused-ring (bicyclic) bond motifs is 1. The zero-order valence-corrected chi connectivity index (χ0v) is 16.5. The molecule has 0 fully saturated rings. The molecule has 0 saturated heterocycles. The summed E-state index contributed by atoms with van der Waals surface area (Å²) in [5, 5.41) is 16.7. The van der Waals surface area contributed by atoms with Crippen LogP contribution in [-0.2, 0) is 13.0 Å². The lowest BCUT2D eigenvalue weighted by Gasteiger charge is -2.21. The van der Waals surface area contributed by atoms with Gasteiger partial charge in [-0.2, -0.15) is 0 Å². The van der Waals surface area contributed by atoms with Gasteiger partial charge in [-0.1, -0.05) is 32.9 Å². The topological polar surface area (TPSA) is 47.5 Å². The molecule has 0 aromatic heterocycles.